The van der Waals surface area contributed by atoms with Gasteiger partial charge in [-0.3, -0.25) is 10.1 Å². The minimum atomic E-state index is -0.354. The summed E-state index contributed by atoms with van der Waals surface area (Å²) in [6.07, 6.45) is 0.787. The van der Waals surface area contributed by atoms with Gasteiger partial charge in [0.25, 0.3) is 5.69 Å². The van der Waals surface area contributed by atoms with E-state index in [0.717, 1.165) is 10.9 Å². The van der Waals surface area contributed by atoms with Crippen LogP contribution in [0.15, 0.2) is 22.7 Å². The Morgan fingerprint density at radius 1 is 1.56 bits per heavy atom. The van der Waals surface area contributed by atoms with Crippen molar-refractivity contribution in [3.05, 3.63) is 38.3 Å². The zero-order chi connectivity index (χ0) is 12.3. The molecule has 0 bridgehead atoms. The predicted octanol–water partition coefficient (Wildman–Crippen LogP) is 3.20. The molecule has 2 unspecified atom stereocenters. The van der Waals surface area contributed by atoms with Gasteiger partial charge in [-0.2, -0.15) is 0 Å². The first-order valence-electron chi connectivity index (χ1n) is 5.16. The van der Waals surface area contributed by atoms with Crippen molar-refractivity contribution >= 4 is 21.6 Å². The number of benzene rings is 1. The molecule has 0 saturated carbocycles. The fraction of sp³-hybridized carbons (Fsp3) is 0.455. The van der Waals surface area contributed by atoms with E-state index in [1.54, 1.807) is 12.1 Å². The maximum Gasteiger partial charge on any atom is 0.272 e. The lowest BCUT2D eigenvalue weighted by Gasteiger charge is -2.19. The van der Waals surface area contributed by atoms with Crippen LogP contribution in [0.1, 0.15) is 31.7 Å². The van der Waals surface area contributed by atoms with Crippen LogP contribution in [0, 0.1) is 10.1 Å². The summed E-state index contributed by atoms with van der Waals surface area (Å²) >= 11 is 3.33. The number of nitrogens with two attached hydrogens (primary N) is 1. The van der Waals surface area contributed by atoms with Crippen LogP contribution in [0.5, 0.6) is 0 Å². The van der Waals surface area contributed by atoms with Crippen molar-refractivity contribution in [3.63, 3.8) is 0 Å². The molecule has 2 atom stereocenters. The summed E-state index contributed by atoms with van der Waals surface area (Å²) in [5, 5.41) is 10.9. The third-order valence-corrected chi connectivity index (χ3v) is 3.15. The second-order valence-corrected chi connectivity index (χ2v) is 4.75. The lowest BCUT2D eigenvalue weighted by atomic mass is 9.89. The number of rotatable bonds is 4. The molecule has 88 valence electrons. The van der Waals surface area contributed by atoms with Gasteiger partial charge >= 0.3 is 0 Å². The molecule has 0 fully saturated rings. The first-order valence-corrected chi connectivity index (χ1v) is 5.96. The van der Waals surface area contributed by atoms with Gasteiger partial charge in [0.1, 0.15) is 0 Å². The molecule has 1 rings (SSSR count). The van der Waals surface area contributed by atoms with E-state index in [2.05, 4.69) is 15.9 Å². The summed E-state index contributed by atoms with van der Waals surface area (Å²) < 4.78 is 0.840. The SMILES string of the molecule is CCC(c1cc(Br)ccc1[N+](=O)[O-])C(C)N. The van der Waals surface area contributed by atoms with Gasteiger partial charge in [-0.1, -0.05) is 22.9 Å². The van der Waals surface area contributed by atoms with Crippen molar-refractivity contribution in [1.82, 2.24) is 0 Å². The van der Waals surface area contributed by atoms with Crippen molar-refractivity contribution in [2.24, 2.45) is 5.73 Å². The molecule has 1 aromatic carbocycles. The van der Waals surface area contributed by atoms with Crippen LogP contribution in [0.25, 0.3) is 0 Å². The summed E-state index contributed by atoms with van der Waals surface area (Å²) in [5.41, 5.74) is 6.71. The summed E-state index contributed by atoms with van der Waals surface area (Å²) in [4.78, 5) is 10.6. The van der Waals surface area contributed by atoms with Crippen LogP contribution in [-0.2, 0) is 0 Å². The van der Waals surface area contributed by atoms with Crippen LogP contribution >= 0.6 is 15.9 Å². The van der Waals surface area contributed by atoms with Crippen molar-refractivity contribution in [2.45, 2.75) is 32.2 Å². The summed E-state index contributed by atoms with van der Waals surface area (Å²) in [6.45, 7) is 3.86. The smallest absolute Gasteiger partial charge is 0.272 e. The second-order valence-electron chi connectivity index (χ2n) is 3.83. The van der Waals surface area contributed by atoms with E-state index in [-0.39, 0.29) is 22.6 Å². The molecule has 0 radical (unpaired) electrons. The topological polar surface area (TPSA) is 69.2 Å². The largest absolute Gasteiger partial charge is 0.327 e. The minimum absolute atomic E-state index is 0.0119. The Bertz CT molecular complexity index is 394. The molecule has 0 spiro atoms. The maximum absolute atomic E-state index is 10.9. The molecule has 4 nitrogen and oxygen atoms in total. The molecule has 5 heteroatoms. The van der Waals surface area contributed by atoms with E-state index < -0.39 is 0 Å². The number of nitrogens with zero attached hydrogens (tertiary/aromatic N) is 1. The van der Waals surface area contributed by atoms with Gasteiger partial charge in [0.15, 0.2) is 0 Å². The third kappa shape index (κ3) is 2.80. The predicted molar refractivity (Wildman–Crippen MR) is 67.5 cm³/mol. The summed E-state index contributed by atoms with van der Waals surface area (Å²) in [5.74, 6) is 0.0119. The highest BCUT2D eigenvalue weighted by molar-refractivity contribution is 9.10. The highest BCUT2D eigenvalue weighted by Gasteiger charge is 2.23. The molecule has 1 aromatic rings. The summed E-state index contributed by atoms with van der Waals surface area (Å²) in [6, 6.07) is 4.88. The Kier molecular flexibility index (Phi) is 4.44. The molecule has 0 aliphatic heterocycles. The standard InChI is InChI=1S/C11H15BrN2O2/c1-3-9(7(2)13)10-6-8(12)4-5-11(10)14(15)16/h4-7,9H,3,13H2,1-2H3. The van der Waals surface area contributed by atoms with Gasteiger partial charge in [-0.15, -0.1) is 0 Å². The lowest BCUT2D eigenvalue weighted by molar-refractivity contribution is -0.385. The molecule has 0 aliphatic rings. The molecule has 16 heavy (non-hydrogen) atoms. The Hall–Kier alpha value is -0.940. The maximum atomic E-state index is 10.9. The lowest BCUT2D eigenvalue weighted by Crippen LogP contribution is -2.24. The average molecular weight is 287 g/mol. The van der Waals surface area contributed by atoms with Crippen LogP contribution in [0.3, 0.4) is 0 Å². The van der Waals surface area contributed by atoms with E-state index in [9.17, 15) is 10.1 Å². The van der Waals surface area contributed by atoms with Gasteiger partial charge < -0.3 is 5.73 Å². The fourth-order valence-electron chi connectivity index (χ4n) is 1.86. The van der Waals surface area contributed by atoms with Crippen LogP contribution in [0.4, 0.5) is 5.69 Å². The molecule has 0 heterocycles. The molecular weight excluding hydrogens is 272 g/mol. The van der Waals surface area contributed by atoms with E-state index in [0.29, 0.717) is 5.56 Å². The Morgan fingerprint density at radius 3 is 2.62 bits per heavy atom. The Labute approximate surface area is 103 Å². The number of nitro benzene ring substituents is 1. The number of hydrogen-bond acceptors (Lipinski definition) is 3. The van der Waals surface area contributed by atoms with Crippen molar-refractivity contribution in [1.29, 1.82) is 0 Å². The van der Waals surface area contributed by atoms with Gasteiger partial charge in [-0.05, 0) is 25.5 Å². The molecule has 2 N–H and O–H groups in total. The first kappa shape index (κ1) is 13.1. The quantitative estimate of drug-likeness (QED) is 0.683. The monoisotopic (exact) mass is 286 g/mol. The van der Waals surface area contributed by atoms with E-state index in [4.69, 9.17) is 5.73 Å². The zero-order valence-electron chi connectivity index (χ0n) is 9.31. The first-order chi connectivity index (χ1) is 7.47. The van der Waals surface area contributed by atoms with Gasteiger partial charge in [0.05, 0.1) is 4.92 Å². The van der Waals surface area contributed by atoms with Crippen molar-refractivity contribution in [2.75, 3.05) is 0 Å². The van der Waals surface area contributed by atoms with Crippen molar-refractivity contribution in [3.8, 4) is 0 Å². The number of hydrogen-bond donors (Lipinski definition) is 1. The van der Waals surface area contributed by atoms with E-state index >= 15 is 0 Å². The summed E-state index contributed by atoms with van der Waals surface area (Å²) in [7, 11) is 0. The van der Waals surface area contributed by atoms with Crippen LogP contribution < -0.4 is 5.73 Å². The Balaban J connectivity index is 3.27. The van der Waals surface area contributed by atoms with Gasteiger partial charge in [0, 0.05) is 28.1 Å². The second kappa shape index (κ2) is 5.41. The fourth-order valence-corrected chi connectivity index (χ4v) is 2.24. The van der Waals surface area contributed by atoms with Crippen molar-refractivity contribution < 1.29 is 4.92 Å². The zero-order valence-corrected chi connectivity index (χ0v) is 10.9. The van der Waals surface area contributed by atoms with Crippen LogP contribution in [0.2, 0.25) is 0 Å². The molecule has 0 aliphatic carbocycles. The number of nitro groups is 1. The molecule has 0 saturated heterocycles. The highest BCUT2D eigenvalue weighted by atomic mass is 79.9. The van der Waals surface area contributed by atoms with E-state index in [1.165, 1.54) is 6.07 Å². The third-order valence-electron chi connectivity index (χ3n) is 2.66. The number of halogens is 1. The average Bonchev–Trinajstić information content (AvgIpc) is 2.17. The van der Waals surface area contributed by atoms with Gasteiger partial charge in [0.2, 0.25) is 0 Å². The minimum Gasteiger partial charge on any atom is -0.327 e. The molecule has 0 amide bonds. The van der Waals surface area contributed by atoms with Crippen LogP contribution in [-0.4, -0.2) is 11.0 Å². The van der Waals surface area contributed by atoms with E-state index in [1.807, 2.05) is 13.8 Å². The molecular formula is C11H15BrN2O2. The highest BCUT2D eigenvalue weighted by Crippen LogP contribution is 2.32. The Morgan fingerprint density at radius 2 is 2.19 bits per heavy atom. The normalized spacial score (nSPS) is 14.5. The molecule has 0 aromatic heterocycles. The van der Waals surface area contributed by atoms with Gasteiger partial charge in [-0.25, -0.2) is 0 Å².